The van der Waals surface area contributed by atoms with E-state index in [-0.39, 0.29) is 12.0 Å². The molecule has 5 heteroatoms. The van der Waals surface area contributed by atoms with Gasteiger partial charge in [-0.2, -0.15) is 0 Å². The van der Waals surface area contributed by atoms with Crippen LogP contribution >= 0.6 is 0 Å². The van der Waals surface area contributed by atoms with Crippen LogP contribution in [-0.4, -0.2) is 29.7 Å². The molecule has 1 aromatic rings. The van der Waals surface area contributed by atoms with Gasteiger partial charge in [0.1, 0.15) is 11.8 Å². The van der Waals surface area contributed by atoms with Crippen molar-refractivity contribution in [3.63, 3.8) is 0 Å². The van der Waals surface area contributed by atoms with Crippen LogP contribution in [0.3, 0.4) is 0 Å². The third kappa shape index (κ3) is 3.86. The Balaban J connectivity index is 1.99. The number of rotatable bonds is 2. The van der Waals surface area contributed by atoms with Gasteiger partial charge in [-0.05, 0) is 33.3 Å². The van der Waals surface area contributed by atoms with Gasteiger partial charge in [0.25, 0.3) is 0 Å². The van der Waals surface area contributed by atoms with Crippen molar-refractivity contribution in [3.05, 3.63) is 29.8 Å². The quantitative estimate of drug-likeness (QED) is 0.849. The first-order valence-corrected chi connectivity index (χ1v) is 7.24. The van der Waals surface area contributed by atoms with E-state index in [1.54, 1.807) is 29.2 Å². The van der Waals surface area contributed by atoms with Gasteiger partial charge in [0.05, 0.1) is 0 Å². The van der Waals surface area contributed by atoms with Crippen LogP contribution < -0.4 is 5.73 Å². The first kappa shape index (κ1) is 15.6. The van der Waals surface area contributed by atoms with Crippen molar-refractivity contribution in [2.75, 3.05) is 18.8 Å². The molecule has 1 aliphatic rings. The Morgan fingerprint density at radius 2 is 2.10 bits per heavy atom. The number of hydrogen-bond donors (Lipinski definition) is 1. The monoisotopic (exact) mass is 294 g/mol. The van der Waals surface area contributed by atoms with Crippen LogP contribution in [-0.2, 0) is 4.74 Å². The SMILES string of the molecule is CC(C)(C)OC(=O)N1CCC(C(F)c2ccccc2N)C1. The molecular weight excluding hydrogens is 271 g/mol. The minimum atomic E-state index is -1.15. The highest BCUT2D eigenvalue weighted by molar-refractivity contribution is 5.68. The fraction of sp³-hybridized carbons (Fsp3) is 0.562. The summed E-state index contributed by atoms with van der Waals surface area (Å²) in [5.74, 6) is -0.234. The third-order valence-electron chi connectivity index (χ3n) is 3.58. The minimum absolute atomic E-state index is 0.234. The number of benzene rings is 1. The van der Waals surface area contributed by atoms with Gasteiger partial charge < -0.3 is 15.4 Å². The summed E-state index contributed by atoms with van der Waals surface area (Å²) in [5, 5.41) is 0. The van der Waals surface area contributed by atoms with Crippen molar-refractivity contribution in [3.8, 4) is 0 Å². The van der Waals surface area contributed by atoms with Gasteiger partial charge in [-0.15, -0.1) is 0 Å². The molecule has 1 amide bonds. The molecule has 21 heavy (non-hydrogen) atoms. The normalized spacial score (nSPS) is 20.4. The van der Waals surface area contributed by atoms with E-state index in [0.29, 0.717) is 30.8 Å². The number of carbonyl (C=O) groups is 1. The number of para-hydroxylation sites is 1. The molecule has 116 valence electrons. The number of alkyl halides is 1. The summed E-state index contributed by atoms with van der Waals surface area (Å²) in [7, 11) is 0. The Labute approximate surface area is 125 Å². The maximum Gasteiger partial charge on any atom is 0.410 e. The number of likely N-dealkylation sites (tertiary alicyclic amines) is 1. The second-order valence-corrected chi connectivity index (χ2v) is 6.51. The van der Waals surface area contributed by atoms with E-state index in [2.05, 4.69) is 0 Å². The molecule has 4 nitrogen and oxygen atoms in total. The van der Waals surface area contributed by atoms with Crippen molar-refractivity contribution >= 4 is 11.8 Å². The molecule has 1 aromatic carbocycles. The van der Waals surface area contributed by atoms with Crippen molar-refractivity contribution < 1.29 is 13.9 Å². The smallest absolute Gasteiger partial charge is 0.410 e. The zero-order valence-electron chi connectivity index (χ0n) is 12.8. The lowest BCUT2D eigenvalue weighted by atomic mass is 9.95. The molecule has 1 fully saturated rings. The zero-order chi connectivity index (χ0) is 15.6. The molecule has 2 unspecified atom stereocenters. The Morgan fingerprint density at radius 1 is 1.43 bits per heavy atom. The van der Waals surface area contributed by atoms with Crippen LogP contribution in [0.25, 0.3) is 0 Å². The molecule has 0 aliphatic carbocycles. The predicted octanol–water partition coefficient (Wildman–Crippen LogP) is 3.54. The second kappa shape index (κ2) is 5.92. The second-order valence-electron chi connectivity index (χ2n) is 6.51. The number of nitrogen functional groups attached to an aromatic ring is 1. The van der Waals surface area contributed by atoms with Gasteiger partial charge in [-0.1, -0.05) is 18.2 Å². The number of hydrogen-bond acceptors (Lipinski definition) is 3. The van der Waals surface area contributed by atoms with Gasteiger partial charge in [0, 0.05) is 30.3 Å². The Hall–Kier alpha value is -1.78. The van der Waals surface area contributed by atoms with Crippen molar-refractivity contribution in [1.29, 1.82) is 0 Å². The number of anilines is 1. The number of halogens is 1. The highest BCUT2D eigenvalue weighted by Gasteiger charge is 2.35. The molecule has 0 bridgehead atoms. The maximum absolute atomic E-state index is 14.6. The lowest BCUT2D eigenvalue weighted by Crippen LogP contribution is -2.35. The Bertz CT molecular complexity index is 513. The lowest BCUT2D eigenvalue weighted by Gasteiger charge is -2.25. The number of nitrogens with zero attached hydrogens (tertiary/aromatic N) is 1. The molecule has 0 spiro atoms. The predicted molar refractivity (Wildman–Crippen MR) is 80.6 cm³/mol. The fourth-order valence-electron chi connectivity index (χ4n) is 2.53. The van der Waals surface area contributed by atoms with Gasteiger partial charge in [0.15, 0.2) is 0 Å². The molecule has 1 aliphatic heterocycles. The van der Waals surface area contributed by atoms with Gasteiger partial charge >= 0.3 is 6.09 Å². The summed E-state index contributed by atoms with van der Waals surface area (Å²) in [6.45, 7) is 6.35. The van der Waals surface area contributed by atoms with E-state index >= 15 is 0 Å². The van der Waals surface area contributed by atoms with Gasteiger partial charge in [-0.25, -0.2) is 9.18 Å². The van der Waals surface area contributed by atoms with E-state index in [9.17, 15) is 9.18 Å². The molecule has 2 N–H and O–H groups in total. The van der Waals surface area contributed by atoms with E-state index in [0.717, 1.165) is 0 Å². The van der Waals surface area contributed by atoms with Gasteiger partial charge in [0.2, 0.25) is 0 Å². The Kier molecular flexibility index (Phi) is 4.40. The lowest BCUT2D eigenvalue weighted by molar-refractivity contribution is 0.0281. The summed E-state index contributed by atoms with van der Waals surface area (Å²) in [6.07, 6.45) is -0.911. The third-order valence-corrected chi connectivity index (χ3v) is 3.58. The largest absolute Gasteiger partial charge is 0.444 e. The van der Waals surface area contributed by atoms with E-state index in [4.69, 9.17) is 10.5 Å². The van der Waals surface area contributed by atoms with Crippen molar-refractivity contribution in [2.24, 2.45) is 5.92 Å². The summed E-state index contributed by atoms with van der Waals surface area (Å²) in [5.41, 5.74) is 6.25. The van der Waals surface area contributed by atoms with Crippen LogP contribution in [0.2, 0.25) is 0 Å². The molecule has 0 saturated carbocycles. The molecular formula is C16H23FN2O2. The van der Waals surface area contributed by atoms with Crippen molar-refractivity contribution in [1.82, 2.24) is 4.90 Å². The number of ether oxygens (including phenoxy) is 1. The topological polar surface area (TPSA) is 55.6 Å². The summed E-state index contributed by atoms with van der Waals surface area (Å²) >= 11 is 0. The fourth-order valence-corrected chi connectivity index (χ4v) is 2.53. The van der Waals surface area contributed by atoms with Crippen LogP contribution in [0, 0.1) is 5.92 Å². The average Bonchev–Trinajstić information content (AvgIpc) is 2.86. The summed E-state index contributed by atoms with van der Waals surface area (Å²) in [6, 6.07) is 6.96. The number of amides is 1. The molecule has 0 aromatic heterocycles. The molecule has 0 radical (unpaired) electrons. The number of carbonyl (C=O) groups excluding carboxylic acids is 1. The summed E-state index contributed by atoms with van der Waals surface area (Å²) in [4.78, 5) is 13.6. The van der Waals surface area contributed by atoms with Crippen LogP contribution in [0.4, 0.5) is 14.9 Å². The highest BCUT2D eigenvalue weighted by Crippen LogP contribution is 2.36. The Morgan fingerprint density at radius 3 is 2.71 bits per heavy atom. The molecule has 1 saturated heterocycles. The summed E-state index contributed by atoms with van der Waals surface area (Å²) < 4.78 is 19.9. The van der Waals surface area contributed by atoms with E-state index < -0.39 is 11.8 Å². The maximum atomic E-state index is 14.6. The number of nitrogens with two attached hydrogens (primary N) is 1. The molecule has 1 heterocycles. The van der Waals surface area contributed by atoms with Crippen LogP contribution in [0.5, 0.6) is 0 Å². The molecule has 2 atom stereocenters. The first-order chi connectivity index (χ1) is 9.78. The standard InChI is InChI=1S/C16H23FN2O2/c1-16(2,3)21-15(20)19-9-8-11(10-19)14(17)12-6-4-5-7-13(12)18/h4-7,11,14H,8-10,18H2,1-3H3. The van der Waals surface area contributed by atoms with Crippen LogP contribution in [0.15, 0.2) is 24.3 Å². The zero-order valence-corrected chi connectivity index (χ0v) is 12.8. The molecule has 2 rings (SSSR count). The first-order valence-electron chi connectivity index (χ1n) is 7.24. The minimum Gasteiger partial charge on any atom is -0.444 e. The van der Waals surface area contributed by atoms with E-state index in [1.807, 2.05) is 20.8 Å². The van der Waals surface area contributed by atoms with Crippen LogP contribution in [0.1, 0.15) is 38.9 Å². The average molecular weight is 294 g/mol. The highest BCUT2D eigenvalue weighted by atomic mass is 19.1. The van der Waals surface area contributed by atoms with E-state index in [1.165, 1.54) is 0 Å². The van der Waals surface area contributed by atoms with Crippen molar-refractivity contribution in [2.45, 2.75) is 39.0 Å². The van der Waals surface area contributed by atoms with Gasteiger partial charge in [-0.3, -0.25) is 0 Å².